The summed E-state index contributed by atoms with van der Waals surface area (Å²) >= 11 is 0. The molecule has 4 aromatic rings. The third-order valence-corrected chi connectivity index (χ3v) is 8.89. The van der Waals surface area contributed by atoms with E-state index < -0.39 is 17.5 Å². The molecule has 0 amide bonds. The number of nitriles is 1. The summed E-state index contributed by atoms with van der Waals surface area (Å²) in [6, 6.07) is 6.14. The van der Waals surface area contributed by atoms with Crippen molar-refractivity contribution < 1.29 is 17.9 Å². The number of hydrogen-bond donors (Lipinski definition) is 1. The van der Waals surface area contributed by atoms with Gasteiger partial charge in [0.25, 0.3) is 0 Å². The molecule has 1 saturated carbocycles. The average Bonchev–Trinajstić information content (AvgIpc) is 3.63. The first-order chi connectivity index (χ1) is 20.8. The fraction of sp³-hybridized carbons (Fsp3) is 0.517. The second-order valence-corrected chi connectivity index (χ2v) is 11.8. The number of hydrogen-bond acceptors (Lipinski definition) is 9. The molecule has 2 saturated heterocycles. The van der Waals surface area contributed by atoms with Crippen molar-refractivity contribution in [1.82, 2.24) is 44.5 Å². The molecule has 1 N–H and O–H groups in total. The van der Waals surface area contributed by atoms with E-state index in [1.165, 1.54) is 6.33 Å². The third kappa shape index (κ3) is 5.43. The van der Waals surface area contributed by atoms with Gasteiger partial charge < -0.3 is 9.72 Å². The van der Waals surface area contributed by atoms with Crippen molar-refractivity contribution in [3.63, 3.8) is 0 Å². The highest BCUT2D eigenvalue weighted by molar-refractivity contribution is 5.90. The molecule has 3 aliphatic rings. The lowest BCUT2D eigenvalue weighted by Gasteiger charge is -2.53. The second-order valence-electron chi connectivity index (χ2n) is 11.8. The Kier molecular flexibility index (Phi) is 7.01. The molecule has 43 heavy (non-hydrogen) atoms. The lowest BCUT2D eigenvalue weighted by molar-refractivity contribution is -0.145. The van der Waals surface area contributed by atoms with Gasteiger partial charge in [-0.15, -0.1) is 0 Å². The number of nitrogens with zero attached hydrogens (tertiary/aromatic N) is 9. The molecule has 2 aliphatic heterocycles. The van der Waals surface area contributed by atoms with Crippen molar-refractivity contribution in [3.8, 4) is 23.2 Å². The van der Waals surface area contributed by atoms with Crippen molar-refractivity contribution >= 4 is 11.0 Å². The molecular formula is C29H31F3N10O. The summed E-state index contributed by atoms with van der Waals surface area (Å²) in [7, 11) is 0. The summed E-state index contributed by atoms with van der Waals surface area (Å²) in [5.74, 6) is -1.16. The van der Waals surface area contributed by atoms with Gasteiger partial charge in [0.15, 0.2) is 0 Å². The molecule has 6 heterocycles. The number of rotatable bonds is 8. The Morgan fingerprint density at radius 1 is 1.12 bits per heavy atom. The highest BCUT2D eigenvalue weighted by Gasteiger charge is 2.48. The van der Waals surface area contributed by atoms with Gasteiger partial charge in [0.1, 0.15) is 23.6 Å². The predicted molar refractivity (Wildman–Crippen MR) is 148 cm³/mol. The van der Waals surface area contributed by atoms with Gasteiger partial charge in [-0.05, 0) is 51.3 Å². The van der Waals surface area contributed by atoms with E-state index in [0.717, 1.165) is 54.6 Å². The number of halogens is 3. The van der Waals surface area contributed by atoms with Crippen LogP contribution in [0.15, 0.2) is 37.1 Å². The third-order valence-electron chi connectivity index (χ3n) is 8.89. The molecule has 0 spiro atoms. The van der Waals surface area contributed by atoms with E-state index in [1.54, 1.807) is 12.3 Å². The molecule has 1 aliphatic carbocycles. The summed E-state index contributed by atoms with van der Waals surface area (Å²) in [6.07, 6.45) is 6.76. The van der Waals surface area contributed by atoms with Crippen LogP contribution in [0.5, 0.6) is 5.88 Å². The molecule has 3 fully saturated rings. The number of nitrogens with one attached hydrogen (secondary N) is 1. The lowest BCUT2D eigenvalue weighted by Crippen LogP contribution is -2.65. The van der Waals surface area contributed by atoms with Crippen LogP contribution >= 0.6 is 0 Å². The highest BCUT2D eigenvalue weighted by Crippen LogP contribution is 2.39. The van der Waals surface area contributed by atoms with Gasteiger partial charge >= 0.3 is 6.18 Å². The SMILES string of the molecule is N#CCC1(n2cc(-c3ncnc4[nH]ccc34)cn2)CN(C2CCC(Oc3cc(CN4CCC4)nc(C(F)(F)F)n3)CC2)C1. The zero-order valence-corrected chi connectivity index (χ0v) is 23.5. The van der Waals surface area contributed by atoms with Crippen molar-refractivity contribution in [2.45, 2.75) is 68.9 Å². The zero-order chi connectivity index (χ0) is 29.6. The number of ether oxygens (including phenoxy) is 1. The molecule has 0 unspecified atom stereocenters. The van der Waals surface area contributed by atoms with E-state index >= 15 is 0 Å². The van der Waals surface area contributed by atoms with Gasteiger partial charge in [-0.2, -0.15) is 28.5 Å². The molecular weight excluding hydrogens is 561 g/mol. The van der Waals surface area contributed by atoms with Crippen molar-refractivity contribution in [2.75, 3.05) is 26.2 Å². The molecule has 4 aromatic heterocycles. The van der Waals surface area contributed by atoms with E-state index in [2.05, 4.69) is 45.9 Å². The number of alkyl halides is 3. The maximum atomic E-state index is 13.5. The zero-order valence-electron chi connectivity index (χ0n) is 23.5. The number of H-pyrrole nitrogens is 1. The maximum Gasteiger partial charge on any atom is 0.451 e. The van der Waals surface area contributed by atoms with E-state index in [4.69, 9.17) is 4.74 Å². The Morgan fingerprint density at radius 2 is 1.93 bits per heavy atom. The Hall–Kier alpha value is -4.09. The fourth-order valence-electron chi connectivity index (χ4n) is 6.47. The number of likely N-dealkylation sites (tertiary alicyclic amines) is 2. The molecule has 0 bridgehead atoms. The number of aromatic amines is 1. The molecule has 224 valence electrons. The lowest BCUT2D eigenvalue weighted by atomic mass is 9.82. The second kappa shape index (κ2) is 10.9. The summed E-state index contributed by atoms with van der Waals surface area (Å²) in [4.78, 5) is 23.7. The average molecular weight is 593 g/mol. The topological polar surface area (TPSA) is 125 Å². The van der Waals surface area contributed by atoms with Crippen molar-refractivity contribution in [2.24, 2.45) is 0 Å². The van der Waals surface area contributed by atoms with Gasteiger partial charge in [0.05, 0.1) is 30.1 Å². The number of aromatic nitrogens is 7. The minimum atomic E-state index is -4.63. The molecule has 11 nitrogen and oxygen atoms in total. The number of fused-ring (bicyclic) bond motifs is 1. The Morgan fingerprint density at radius 3 is 2.65 bits per heavy atom. The van der Waals surface area contributed by atoms with E-state index in [-0.39, 0.29) is 12.0 Å². The van der Waals surface area contributed by atoms with Crippen molar-refractivity contribution in [3.05, 3.63) is 48.6 Å². The van der Waals surface area contributed by atoms with Gasteiger partial charge in [-0.1, -0.05) is 0 Å². The largest absolute Gasteiger partial charge is 0.474 e. The minimum Gasteiger partial charge on any atom is -0.474 e. The summed E-state index contributed by atoms with van der Waals surface area (Å²) in [6.45, 7) is 3.47. The standard InChI is InChI=1S/C29H31F3N10O/c30-29(31,32)27-38-20(15-40-10-1-11-40)12-24(39-27)43-22-4-2-21(3-5-22)41-16-28(17-41,7-8-33)42-14-19(13-37-42)25-23-6-9-34-26(23)36-18-35-25/h6,9,12-14,18,21-22H,1-5,7,10-11,15-17H2,(H,34,35,36). The van der Waals surface area contributed by atoms with Crippen LogP contribution in [-0.4, -0.2) is 82.8 Å². The van der Waals surface area contributed by atoms with Crippen LogP contribution in [0.4, 0.5) is 13.2 Å². The van der Waals surface area contributed by atoms with Crippen LogP contribution in [-0.2, 0) is 18.3 Å². The summed E-state index contributed by atoms with van der Waals surface area (Å²) in [5.41, 5.74) is 2.32. The van der Waals surface area contributed by atoms with Gasteiger partial charge in [-0.3, -0.25) is 14.5 Å². The molecule has 0 aromatic carbocycles. The van der Waals surface area contributed by atoms with Crippen LogP contribution < -0.4 is 4.74 Å². The molecule has 0 atom stereocenters. The van der Waals surface area contributed by atoms with E-state index in [9.17, 15) is 18.4 Å². The van der Waals surface area contributed by atoms with Crippen LogP contribution in [0.2, 0.25) is 0 Å². The van der Waals surface area contributed by atoms with Crippen LogP contribution in [0.25, 0.3) is 22.3 Å². The summed E-state index contributed by atoms with van der Waals surface area (Å²) < 4.78 is 48.4. The first-order valence-electron chi connectivity index (χ1n) is 14.6. The Labute approximate surface area is 245 Å². The molecule has 14 heteroatoms. The summed E-state index contributed by atoms with van der Waals surface area (Å²) in [5, 5.41) is 15.2. The Bertz CT molecular complexity index is 1640. The van der Waals surface area contributed by atoms with Crippen LogP contribution in [0, 0.1) is 11.3 Å². The highest BCUT2D eigenvalue weighted by atomic mass is 19.4. The van der Waals surface area contributed by atoms with Crippen LogP contribution in [0.1, 0.15) is 50.0 Å². The minimum absolute atomic E-state index is 0.00613. The van der Waals surface area contributed by atoms with Gasteiger partial charge in [-0.25, -0.2) is 15.0 Å². The first kappa shape index (κ1) is 27.7. The van der Waals surface area contributed by atoms with E-state index in [1.807, 2.05) is 23.1 Å². The van der Waals surface area contributed by atoms with Crippen LogP contribution in [0.3, 0.4) is 0 Å². The first-order valence-corrected chi connectivity index (χ1v) is 14.6. The van der Waals surface area contributed by atoms with Gasteiger partial charge in [0, 0.05) is 55.1 Å². The Balaban J connectivity index is 0.986. The van der Waals surface area contributed by atoms with Crippen molar-refractivity contribution in [1.29, 1.82) is 5.26 Å². The van der Waals surface area contributed by atoms with Gasteiger partial charge in [0.2, 0.25) is 11.7 Å². The fourth-order valence-corrected chi connectivity index (χ4v) is 6.47. The quantitative estimate of drug-likeness (QED) is 0.321. The monoisotopic (exact) mass is 592 g/mol. The normalized spacial score (nSPS) is 22.6. The molecule has 7 rings (SSSR count). The predicted octanol–water partition coefficient (Wildman–Crippen LogP) is 4.15. The molecule has 0 radical (unpaired) electrons. The van der Waals surface area contributed by atoms with E-state index in [0.29, 0.717) is 50.6 Å². The smallest absolute Gasteiger partial charge is 0.451 e. The maximum absolute atomic E-state index is 13.5.